The Kier molecular flexibility index (Phi) is 8.35. The van der Waals surface area contributed by atoms with Crippen molar-refractivity contribution in [2.75, 3.05) is 7.05 Å². The summed E-state index contributed by atoms with van der Waals surface area (Å²) in [6, 6.07) is 0. The summed E-state index contributed by atoms with van der Waals surface area (Å²) >= 11 is 0. The average Bonchev–Trinajstić information content (AvgIpc) is 3.12. The summed E-state index contributed by atoms with van der Waals surface area (Å²) in [5.41, 5.74) is 0.342. The smallest absolute Gasteiger partial charge is 0.222 e. The van der Waals surface area contributed by atoms with Crippen LogP contribution in [0.2, 0.25) is 0 Å². The molecule has 36 heavy (non-hydrogen) atoms. The van der Waals surface area contributed by atoms with E-state index in [1.807, 2.05) is 11.9 Å². The fraction of sp³-hybridized carbons (Fsp3) is 0.938. The van der Waals surface area contributed by atoms with Gasteiger partial charge in [0.1, 0.15) is 5.78 Å². The first-order valence-electron chi connectivity index (χ1n) is 15.3. The summed E-state index contributed by atoms with van der Waals surface area (Å²) in [7, 11) is 1.92. The molecule has 4 nitrogen and oxygen atoms in total. The van der Waals surface area contributed by atoms with E-state index in [1.165, 1.54) is 51.4 Å². The van der Waals surface area contributed by atoms with Crippen LogP contribution in [0.1, 0.15) is 131 Å². The molecule has 0 saturated heterocycles. The molecule has 206 valence electrons. The number of amides is 1. The van der Waals surface area contributed by atoms with Crippen LogP contribution in [0.5, 0.6) is 0 Å². The van der Waals surface area contributed by atoms with E-state index in [1.54, 1.807) is 0 Å². The maximum Gasteiger partial charge on any atom is 0.222 e. The van der Waals surface area contributed by atoms with Crippen LogP contribution in [0.4, 0.5) is 0 Å². The first-order valence-corrected chi connectivity index (χ1v) is 15.3. The molecule has 0 heterocycles. The second-order valence-corrected chi connectivity index (χ2v) is 14.8. The van der Waals surface area contributed by atoms with E-state index in [2.05, 4.69) is 34.6 Å². The summed E-state index contributed by atoms with van der Waals surface area (Å²) < 4.78 is 0. The van der Waals surface area contributed by atoms with Gasteiger partial charge < -0.3 is 10.0 Å². The van der Waals surface area contributed by atoms with Crippen LogP contribution < -0.4 is 0 Å². The number of aliphatic hydroxyl groups is 1. The minimum absolute atomic E-state index is 0.0987. The molecule has 0 aromatic heterocycles. The largest absolute Gasteiger partial charge is 0.393 e. The topological polar surface area (TPSA) is 57.6 Å². The molecule has 0 spiro atoms. The lowest BCUT2D eigenvalue weighted by Gasteiger charge is -2.62. The molecule has 4 saturated carbocycles. The highest BCUT2D eigenvalue weighted by Crippen LogP contribution is 2.67. The van der Waals surface area contributed by atoms with Gasteiger partial charge in [-0.25, -0.2) is 0 Å². The number of hydrogen-bond acceptors (Lipinski definition) is 3. The van der Waals surface area contributed by atoms with Gasteiger partial charge in [0.05, 0.1) is 6.10 Å². The Morgan fingerprint density at radius 3 is 2.36 bits per heavy atom. The third kappa shape index (κ3) is 5.32. The zero-order valence-corrected chi connectivity index (χ0v) is 24.3. The third-order valence-electron chi connectivity index (χ3n) is 12.0. The van der Waals surface area contributed by atoms with Crippen molar-refractivity contribution in [1.82, 2.24) is 4.90 Å². The van der Waals surface area contributed by atoms with Crippen LogP contribution in [0.25, 0.3) is 0 Å². The number of Topliss-reactive ketones (excluding diaryl/α,β-unsaturated/α-hetero) is 1. The van der Waals surface area contributed by atoms with Crippen molar-refractivity contribution < 1.29 is 14.7 Å². The van der Waals surface area contributed by atoms with Crippen LogP contribution in [-0.2, 0) is 9.59 Å². The van der Waals surface area contributed by atoms with Crippen molar-refractivity contribution in [1.29, 1.82) is 0 Å². The zero-order valence-electron chi connectivity index (χ0n) is 24.3. The van der Waals surface area contributed by atoms with Crippen molar-refractivity contribution in [3.63, 3.8) is 0 Å². The highest BCUT2D eigenvalue weighted by molar-refractivity contribution is 5.79. The Hall–Kier alpha value is -0.900. The van der Waals surface area contributed by atoms with Crippen molar-refractivity contribution in [2.24, 2.45) is 40.4 Å². The highest BCUT2D eigenvalue weighted by atomic mass is 16.3. The lowest BCUT2D eigenvalue weighted by molar-refractivity contribution is -0.156. The molecule has 4 aliphatic rings. The maximum atomic E-state index is 12.4. The van der Waals surface area contributed by atoms with Crippen LogP contribution in [-0.4, -0.2) is 40.4 Å². The Morgan fingerprint density at radius 1 is 0.972 bits per heavy atom. The minimum Gasteiger partial charge on any atom is -0.393 e. The normalized spacial score (nSPS) is 40.4. The molecule has 4 aliphatic carbocycles. The standard InChI is InChI=1S/C32H55NO3/c1-30(2,3)33(6)28(36)13-11-9-7-8-10-12-22-20-23-21-24(34)16-18-31(23,4)26-17-19-32(5)25(29(22)26)14-15-27(32)35/h22-23,25-27,29,35H,7-21H2,1-6H3/t22?,23?,25-,26+,27?,29-,31-,32-/m0/s1. The zero-order chi connectivity index (χ0) is 26.3. The Balaban J connectivity index is 1.32. The lowest BCUT2D eigenvalue weighted by Crippen LogP contribution is -2.57. The Bertz CT molecular complexity index is 802. The van der Waals surface area contributed by atoms with E-state index in [0.29, 0.717) is 29.5 Å². The average molecular weight is 502 g/mol. The van der Waals surface area contributed by atoms with Crippen molar-refractivity contribution >= 4 is 11.7 Å². The molecule has 3 unspecified atom stereocenters. The molecule has 0 aromatic rings. The van der Waals surface area contributed by atoms with Gasteiger partial charge in [-0.05, 0) is 106 Å². The van der Waals surface area contributed by atoms with E-state index in [9.17, 15) is 14.7 Å². The van der Waals surface area contributed by atoms with E-state index in [0.717, 1.165) is 56.3 Å². The van der Waals surface area contributed by atoms with Crippen LogP contribution in [0.15, 0.2) is 0 Å². The number of carbonyl (C=O) groups is 2. The summed E-state index contributed by atoms with van der Waals surface area (Å²) in [6.45, 7) is 11.2. The Morgan fingerprint density at radius 2 is 1.64 bits per heavy atom. The highest BCUT2D eigenvalue weighted by Gasteiger charge is 2.62. The van der Waals surface area contributed by atoms with E-state index >= 15 is 0 Å². The molecule has 0 aromatic carbocycles. The monoisotopic (exact) mass is 501 g/mol. The van der Waals surface area contributed by atoms with Crippen molar-refractivity contribution in [2.45, 2.75) is 143 Å². The first-order chi connectivity index (χ1) is 16.9. The van der Waals surface area contributed by atoms with Crippen LogP contribution >= 0.6 is 0 Å². The molecule has 0 bridgehead atoms. The second-order valence-electron chi connectivity index (χ2n) is 14.8. The maximum absolute atomic E-state index is 12.4. The minimum atomic E-state index is -0.123. The number of fused-ring (bicyclic) bond motifs is 5. The van der Waals surface area contributed by atoms with Gasteiger partial charge in [0.25, 0.3) is 0 Å². The van der Waals surface area contributed by atoms with Gasteiger partial charge in [-0.1, -0.05) is 46.0 Å². The van der Waals surface area contributed by atoms with E-state index in [-0.39, 0.29) is 23.0 Å². The first kappa shape index (κ1) is 28.1. The van der Waals surface area contributed by atoms with Crippen LogP contribution in [0.3, 0.4) is 0 Å². The number of rotatable bonds is 8. The van der Waals surface area contributed by atoms with Gasteiger partial charge in [0.2, 0.25) is 5.91 Å². The second kappa shape index (κ2) is 10.7. The fourth-order valence-corrected chi connectivity index (χ4v) is 9.25. The quantitative estimate of drug-likeness (QED) is 0.359. The number of ketones is 1. The van der Waals surface area contributed by atoms with Gasteiger partial charge in [-0.2, -0.15) is 0 Å². The number of aliphatic hydroxyl groups excluding tert-OH is 1. The predicted molar refractivity (Wildman–Crippen MR) is 146 cm³/mol. The SMILES string of the molecule is CN(C(=O)CCCCCCCC1CC2CC(=O)CC[C@]2(C)[C@@H]2CC[C@]3(C)C(O)CC[C@H]3[C@H]12)C(C)(C)C. The fourth-order valence-electron chi connectivity index (χ4n) is 9.25. The van der Waals surface area contributed by atoms with Gasteiger partial charge in [-0.3, -0.25) is 9.59 Å². The predicted octanol–water partition coefficient (Wildman–Crippen LogP) is 7.17. The van der Waals surface area contributed by atoms with Gasteiger partial charge >= 0.3 is 0 Å². The number of carbonyl (C=O) groups excluding carboxylic acids is 2. The number of hydrogen-bond donors (Lipinski definition) is 1. The van der Waals surface area contributed by atoms with Crippen molar-refractivity contribution in [3.05, 3.63) is 0 Å². The Labute approximate surface area is 221 Å². The van der Waals surface area contributed by atoms with Crippen molar-refractivity contribution in [3.8, 4) is 0 Å². The van der Waals surface area contributed by atoms with E-state index < -0.39 is 0 Å². The molecule has 4 fully saturated rings. The van der Waals surface area contributed by atoms with Gasteiger partial charge in [0.15, 0.2) is 0 Å². The molecule has 8 atom stereocenters. The number of nitrogens with zero attached hydrogens (tertiary/aromatic N) is 1. The van der Waals surface area contributed by atoms with E-state index in [4.69, 9.17) is 0 Å². The van der Waals surface area contributed by atoms with Gasteiger partial charge in [0, 0.05) is 31.8 Å². The molecular formula is C32H55NO3. The lowest BCUT2D eigenvalue weighted by atomic mass is 9.42. The molecular weight excluding hydrogens is 446 g/mol. The third-order valence-corrected chi connectivity index (χ3v) is 12.0. The summed E-state index contributed by atoms with van der Waals surface area (Å²) in [5, 5.41) is 10.9. The van der Waals surface area contributed by atoms with Crippen LogP contribution in [0, 0.1) is 40.4 Å². The summed E-state index contributed by atoms with van der Waals surface area (Å²) in [6.07, 6.45) is 16.3. The molecule has 4 rings (SSSR count). The molecule has 1 amide bonds. The number of unbranched alkanes of at least 4 members (excludes halogenated alkanes) is 4. The van der Waals surface area contributed by atoms with Gasteiger partial charge in [-0.15, -0.1) is 0 Å². The summed E-state index contributed by atoms with van der Waals surface area (Å²) in [4.78, 5) is 26.7. The summed E-state index contributed by atoms with van der Waals surface area (Å²) in [5.74, 6) is 4.20. The molecule has 0 radical (unpaired) electrons. The molecule has 1 N–H and O–H groups in total. The molecule has 0 aliphatic heterocycles. The molecule has 4 heteroatoms.